The molecule has 0 radical (unpaired) electrons. The zero-order valence-electron chi connectivity index (χ0n) is 11.9. The second-order valence-electron chi connectivity index (χ2n) is 5.71. The van der Waals surface area contributed by atoms with Crippen LogP contribution in [0.1, 0.15) is 32.6 Å². The van der Waals surface area contributed by atoms with E-state index in [0.717, 1.165) is 25.9 Å². The Balaban J connectivity index is 1.80. The van der Waals surface area contributed by atoms with Crippen LogP contribution in [0.4, 0.5) is 0 Å². The SMILES string of the molecule is CCS(=O)(=O)NC1CCN(C2CCS(=O)(=O)CC2)CC1. The highest BCUT2D eigenvalue weighted by atomic mass is 32.2. The van der Waals surface area contributed by atoms with Crippen LogP contribution in [0.25, 0.3) is 0 Å². The van der Waals surface area contributed by atoms with Gasteiger partial charge in [-0.2, -0.15) is 0 Å². The van der Waals surface area contributed by atoms with Crippen molar-refractivity contribution in [2.45, 2.75) is 44.7 Å². The van der Waals surface area contributed by atoms with Crippen molar-refractivity contribution in [1.82, 2.24) is 9.62 Å². The maximum atomic E-state index is 11.5. The van der Waals surface area contributed by atoms with E-state index in [1.54, 1.807) is 6.92 Å². The van der Waals surface area contributed by atoms with Crippen molar-refractivity contribution in [3.63, 3.8) is 0 Å². The first-order chi connectivity index (χ1) is 9.31. The van der Waals surface area contributed by atoms with E-state index in [9.17, 15) is 16.8 Å². The number of sulfonamides is 1. The second-order valence-corrected chi connectivity index (χ2v) is 10.1. The second kappa shape index (κ2) is 6.29. The first kappa shape index (κ1) is 16.2. The average Bonchev–Trinajstić information content (AvgIpc) is 2.40. The van der Waals surface area contributed by atoms with E-state index in [0.29, 0.717) is 30.4 Å². The first-order valence-electron chi connectivity index (χ1n) is 7.26. The minimum absolute atomic E-state index is 0.0310. The van der Waals surface area contributed by atoms with Crippen LogP contribution in [0.15, 0.2) is 0 Å². The summed E-state index contributed by atoms with van der Waals surface area (Å²) < 4.78 is 48.6. The number of rotatable bonds is 4. The Kier molecular flexibility index (Phi) is 5.09. The largest absolute Gasteiger partial charge is 0.300 e. The third-order valence-electron chi connectivity index (χ3n) is 4.30. The summed E-state index contributed by atoms with van der Waals surface area (Å²) in [5.74, 6) is 0.702. The lowest BCUT2D eigenvalue weighted by molar-refractivity contribution is 0.140. The summed E-state index contributed by atoms with van der Waals surface area (Å²) in [6.45, 7) is 3.34. The van der Waals surface area contributed by atoms with E-state index in [1.807, 2.05) is 0 Å². The molecule has 0 atom stereocenters. The predicted molar refractivity (Wildman–Crippen MR) is 78.9 cm³/mol. The molecule has 2 saturated heterocycles. The van der Waals surface area contributed by atoms with Crippen molar-refractivity contribution < 1.29 is 16.8 Å². The Morgan fingerprint density at radius 2 is 1.65 bits per heavy atom. The van der Waals surface area contributed by atoms with Crippen LogP contribution in [-0.4, -0.2) is 64.2 Å². The van der Waals surface area contributed by atoms with Crippen LogP contribution in [0.3, 0.4) is 0 Å². The molecule has 2 aliphatic heterocycles. The molecule has 0 aliphatic carbocycles. The third kappa shape index (κ3) is 4.41. The van der Waals surface area contributed by atoms with Crippen molar-refractivity contribution in [2.75, 3.05) is 30.3 Å². The standard InChI is InChI=1S/C12H24N2O4S2/c1-2-20(17,18)13-11-3-7-14(8-4-11)12-5-9-19(15,16)10-6-12/h11-13H,2-10H2,1H3. The smallest absolute Gasteiger partial charge is 0.211 e. The number of sulfone groups is 1. The monoisotopic (exact) mass is 324 g/mol. The number of hydrogen-bond acceptors (Lipinski definition) is 5. The molecule has 0 unspecified atom stereocenters. The minimum atomic E-state index is -3.12. The van der Waals surface area contributed by atoms with Crippen molar-refractivity contribution in [1.29, 1.82) is 0 Å². The van der Waals surface area contributed by atoms with Gasteiger partial charge in [-0.3, -0.25) is 0 Å². The number of nitrogens with zero attached hydrogens (tertiary/aromatic N) is 1. The van der Waals surface area contributed by atoms with Gasteiger partial charge in [-0.05, 0) is 45.7 Å². The van der Waals surface area contributed by atoms with Crippen LogP contribution in [0.2, 0.25) is 0 Å². The molecule has 0 saturated carbocycles. The van der Waals surface area contributed by atoms with Crippen LogP contribution < -0.4 is 4.72 Å². The van der Waals surface area contributed by atoms with Gasteiger partial charge in [0.1, 0.15) is 9.84 Å². The number of nitrogens with one attached hydrogen (secondary N) is 1. The minimum Gasteiger partial charge on any atom is -0.300 e. The lowest BCUT2D eigenvalue weighted by Crippen LogP contribution is -2.50. The fourth-order valence-electron chi connectivity index (χ4n) is 2.96. The third-order valence-corrected chi connectivity index (χ3v) is 7.46. The van der Waals surface area contributed by atoms with Gasteiger partial charge in [-0.1, -0.05) is 0 Å². The topological polar surface area (TPSA) is 83.6 Å². The average molecular weight is 324 g/mol. The quantitative estimate of drug-likeness (QED) is 0.785. The van der Waals surface area contributed by atoms with Crippen LogP contribution in [0.5, 0.6) is 0 Å². The van der Waals surface area contributed by atoms with Gasteiger partial charge in [0.2, 0.25) is 10.0 Å². The molecular formula is C12H24N2O4S2. The molecule has 8 heteroatoms. The molecule has 6 nitrogen and oxygen atoms in total. The number of hydrogen-bond donors (Lipinski definition) is 1. The molecule has 1 N–H and O–H groups in total. The molecule has 0 aromatic carbocycles. The van der Waals surface area contributed by atoms with Crippen LogP contribution >= 0.6 is 0 Å². The van der Waals surface area contributed by atoms with Gasteiger partial charge >= 0.3 is 0 Å². The van der Waals surface area contributed by atoms with Crippen molar-refractivity contribution in [2.24, 2.45) is 0 Å². The molecule has 0 aromatic heterocycles. The van der Waals surface area contributed by atoms with E-state index >= 15 is 0 Å². The molecule has 0 bridgehead atoms. The van der Waals surface area contributed by atoms with Gasteiger partial charge in [0.15, 0.2) is 0 Å². The summed E-state index contributed by atoms with van der Waals surface area (Å²) in [4.78, 5) is 2.32. The lowest BCUT2D eigenvalue weighted by Gasteiger charge is -2.39. The molecule has 0 aromatic rings. The van der Waals surface area contributed by atoms with Crippen LogP contribution in [0, 0.1) is 0 Å². The first-order valence-corrected chi connectivity index (χ1v) is 10.7. The lowest BCUT2D eigenvalue weighted by atomic mass is 10.0. The number of piperidine rings is 1. The molecular weight excluding hydrogens is 300 g/mol. The summed E-state index contributed by atoms with van der Waals surface area (Å²) in [7, 11) is -5.94. The molecule has 0 amide bonds. The fraction of sp³-hybridized carbons (Fsp3) is 1.00. The van der Waals surface area contributed by atoms with Crippen molar-refractivity contribution >= 4 is 19.9 Å². The van der Waals surface area contributed by atoms with E-state index in [2.05, 4.69) is 9.62 Å². The summed E-state index contributed by atoms with van der Waals surface area (Å²) in [5, 5.41) is 0. The van der Waals surface area contributed by atoms with E-state index in [-0.39, 0.29) is 11.8 Å². The molecule has 118 valence electrons. The molecule has 0 spiro atoms. The highest BCUT2D eigenvalue weighted by Gasteiger charge is 2.31. The molecule has 2 aliphatic rings. The Bertz CT molecular complexity index is 508. The number of likely N-dealkylation sites (tertiary alicyclic amines) is 1. The zero-order valence-corrected chi connectivity index (χ0v) is 13.5. The molecule has 2 heterocycles. The fourth-order valence-corrected chi connectivity index (χ4v) is 5.34. The summed E-state index contributed by atoms with van der Waals surface area (Å²) >= 11 is 0. The van der Waals surface area contributed by atoms with Gasteiger partial charge in [-0.25, -0.2) is 21.6 Å². The maximum absolute atomic E-state index is 11.5. The Labute approximate surface area is 121 Å². The van der Waals surface area contributed by atoms with Gasteiger partial charge in [0, 0.05) is 12.1 Å². The Morgan fingerprint density at radius 3 is 2.15 bits per heavy atom. The van der Waals surface area contributed by atoms with E-state index in [1.165, 1.54) is 0 Å². The maximum Gasteiger partial charge on any atom is 0.211 e. The molecule has 20 heavy (non-hydrogen) atoms. The van der Waals surface area contributed by atoms with E-state index in [4.69, 9.17) is 0 Å². The molecule has 2 rings (SSSR count). The highest BCUT2D eigenvalue weighted by molar-refractivity contribution is 7.91. The van der Waals surface area contributed by atoms with Gasteiger partial charge in [-0.15, -0.1) is 0 Å². The van der Waals surface area contributed by atoms with Crippen molar-refractivity contribution in [3.05, 3.63) is 0 Å². The van der Waals surface area contributed by atoms with Crippen molar-refractivity contribution in [3.8, 4) is 0 Å². The van der Waals surface area contributed by atoms with E-state index < -0.39 is 19.9 Å². The normalized spacial score (nSPS) is 26.6. The molecule has 2 fully saturated rings. The highest BCUT2D eigenvalue weighted by Crippen LogP contribution is 2.22. The summed E-state index contributed by atoms with van der Waals surface area (Å²) in [6, 6.07) is 0.380. The zero-order chi connectivity index (χ0) is 14.8. The predicted octanol–water partition coefficient (Wildman–Crippen LogP) is -0.0327. The van der Waals surface area contributed by atoms with Gasteiger partial charge in [0.05, 0.1) is 17.3 Å². The summed E-state index contributed by atoms with van der Waals surface area (Å²) in [6.07, 6.45) is 3.05. The Morgan fingerprint density at radius 1 is 1.10 bits per heavy atom. The van der Waals surface area contributed by atoms with Crippen LogP contribution in [-0.2, 0) is 19.9 Å². The van der Waals surface area contributed by atoms with Gasteiger partial charge in [0.25, 0.3) is 0 Å². The van der Waals surface area contributed by atoms with Gasteiger partial charge < -0.3 is 4.90 Å². The summed E-state index contributed by atoms with van der Waals surface area (Å²) in [5.41, 5.74) is 0. The Hall–Kier alpha value is -0.180.